The van der Waals surface area contributed by atoms with Crippen LogP contribution in [0, 0.1) is 0 Å². The van der Waals surface area contributed by atoms with Gasteiger partial charge in [-0.3, -0.25) is 0 Å². The summed E-state index contributed by atoms with van der Waals surface area (Å²) in [5.41, 5.74) is 6.57. The Morgan fingerprint density at radius 3 is 2.87 bits per heavy atom. The van der Waals surface area contributed by atoms with Crippen LogP contribution in [0.4, 0.5) is 0 Å². The van der Waals surface area contributed by atoms with E-state index in [0.29, 0.717) is 25.5 Å². The molecule has 0 unspecified atom stereocenters. The largest absolute Gasteiger partial charge is 0.474 e. The number of oxime groups is 1. The molecule has 1 aromatic rings. The van der Waals surface area contributed by atoms with Crippen LogP contribution in [-0.2, 0) is 16.2 Å². The SMILES string of the molecule is NC[C@@H]1CC(OCc2ccccc2)=NO1. The fourth-order valence-electron chi connectivity index (χ4n) is 1.36. The number of hydrogen-bond donors (Lipinski definition) is 1. The topological polar surface area (TPSA) is 56.8 Å². The van der Waals surface area contributed by atoms with Gasteiger partial charge in [-0.05, 0) is 5.56 Å². The first-order chi connectivity index (χ1) is 7.38. The average Bonchev–Trinajstić information content (AvgIpc) is 2.76. The minimum absolute atomic E-state index is 0.0178. The molecule has 0 spiro atoms. The molecule has 0 saturated carbocycles. The van der Waals surface area contributed by atoms with E-state index >= 15 is 0 Å². The highest BCUT2D eigenvalue weighted by Crippen LogP contribution is 2.11. The third-order valence-electron chi connectivity index (χ3n) is 2.22. The molecule has 0 radical (unpaired) electrons. The van der Waals surface area contributed by atoms with Gasteiger partial charge in [0, 0.05) is 6.54 Å². The predicted molar refractivity (Wildman–Crippen MR) is 57.2 cm³/mol. The van der Waals surface area contributed by atoms with E-state index < -0.39 is 0 Å². The zero-order valence-electron chi connectivity index (χ0n) is 8.43. The smallest absolute Gasteiger partial charge is 0.229 e. The Kier molecular flexibility index (Phi) is 3.19. The summed E-state index contributed by atoms with van der Waals surface area (Å²) >= 11 is 0. The van der Waals surface area contributed by atoms with E-state index in [2.05, 4.69) is 5.16 Å². The lowest BCUT2D eigenvalue weighted by Gasteiger charge is -2.04. The van der Waals surface area contributed by atoms with Crippen LogP contribution in [0.2, 0.25) is 0 Å². The van der Waals surface area contributed by atoms with Gasteiger partial charge < -0.3 is 15.3 Å². The van der Waals surface area contributed by atoms with Gasteiger partial charge in [-0.2, -0.15) is 0 Å². The standard InChI is InChI=1S/C11H14N2O2/c12-7-10-6-11(13-15-10)14-8-9-4-2-1-3-5-9/h1-5,10H,6-8,12H2/t10-/m0/s1. The van der Waals surface area contributed by atoms with E-state index in [9.17, 15) is 0 Å². The van der Waals surface area contributed by atoms with Gasteiger partial charge in [0.05, 0.1) is 6.42 Å². The Labute approximate surface area is 88.7 Å². The fraction of sp³-hybridized carbons (Fsp3) is 0.364. The van der Waals surface area contributed by atoms with Gasteiger partial charge in [0.2, 0.25) is 5.90 Å². The van der Waals surface area contributed by atoms with E-state index in [-0.39, 0.29) is 6.10 Å². The highest BCUT2D eigenvalue weighted by atomic mass is 16.7. The lowest BCUT2D eigenvalue weighted by molar-refractivity contribution is 0.0913. The van der Waals surface area contributed by atoms with Crippen LogP contribution in [0.25, 0.3) is 0 Å². The van der Waals surface area contributed by atoms with Crippen LogP contribution in [-0.4, -0.2) is 18.5 Å². The van der Waals surface area contributed by atoms with Gasteiger partial charge in [0.1, 0.15) is 12.7 Å². The molecule has 2 rings (SSSR count). The van der Waals surface area contributed by atoms with Crippen molar-refractivity contribution in [3.8, 4) is 0 Å². The highest BCUT2D eigenvalue weighted by Gasteiger charge is 2.20. The summed E-state index contributed by atoms with van der Waals surface area (Å²) in [4.78, 5) is 5.04. The first-order valence-electron chi connectivity index (χ1n) is 4.98. The molecule has 1 heterocycles. The quantitative estimate of drug-likeness (QED) is 0.810. The van der Waals surface area contributed by atoms with Crippen molar-refractivity contribution in [3.63, 3.8) is 0 Å². The zero-order valence-corrected chi connectivity index (χ0v) is 8.43. The molecular weight excluding hydrogens is 192 g/mol. The molecule has 0 amide bonds. The molecule has 0 aromatic heterocycles. The first kappa shape index (κ1) is 9.98. The molecule has 1 aliphatic rings. The first-order valence-corrected chi connectivity index (χ1v) is 4.98. The van der Waals surface area contributed by atoms with Gasteiger partial charge in [0.25, 0.3) is 0 Å². The third kappa shape index (κ3) is 2.70. The zero-order chi connectivity index (χ0) is 10.5. The number of ether oxygens (including phenoxy) is 1. The molecule has 80 valence electrons. The summed E-state index contributed by atoms with van der Waals surface area (Å²) in [6.45, 7) is 1.00. The monoisotopic (exact) mass is 206 g/mol. The van der Waals surface area contributed by atoms with Crippen LogP contribution >= 0.6 is 0 Å². The molecular formula is C11H14N2O2. The van der Waals surface area contributed by atoms with Crippen LogP contribution in [0.15, 0.2) is 35.5 Å². The van der Waals surface area contributed by atoms with E-state index in [1.165, 1.54) is 0 Å². The molecule has 1 aliphatic heterocycles. The van der Waals surface area contributed by atoms with Crippen molar-refractivity contribution in [1.82, 2.24) is 0 Å². The lowest BCUT2D eigenvalue weighted by Crippen LogP contribution is -2.20. The van der Waals surface area contributed by atoms with E-state index in [0.717, 1.165) is 5.56 Å². The lowest BCUT2D eigenvalue weighted by atomic mass is 10.2. The maximum atomic E-state index is 5.49. The molecule has 1 atom stereocenters. The molecule has 0 bridgehead atoms. The second-order valence-corrected chi connectivity index (χ2v) is 3.43. The van der Waals surface area contributed by atoms with Crippen molar-refractivity contribution in [3.05, 3.63) is 35.9 Å². The van der Waals surface area contributed by atoms with Crippen molar-refractivity contribution in [2.75, 3.05) is 6.54 Å². The van der Waals surface area contributed by atoms with Crippen molar-refractivity contribution in [2.45, 2.75) is 19.1 Å². The molecule has 4 nitrogen and oxygen atoms in total. The fourth-order valence-corrected chi connectivity index (χ4v) is 1.36. The van der Waals surface area contributed by atoms with E-state index in [1.54, 1.807) is 0 Å². The molecule has 2 N–H and O–H groups in total. The number of nitrogens with two attached hydrogens (primary N) is 1. The molecule has 0 aliphatic carbocycles. The summed E-state index contributed by atoms with van der Waals surface area (Å²) in [6.07, 6.45) is 0.652. The van der Waals surface area contributed by atoms with E-state index in [1.807, 2.05) is 30.3 Å². The number of benzene rings is 1. The van der Waals surface area contributed by atoms with Crippen molar-refractivity contribution < 1.29 is 9.57 Å². The molecule has 0 fully saturated rings. The number of nitrogens with zero attached hydrogens (tertiary/aromatic N) is 1. The second-order valence-electron chi connectivity index (χ2n) is 3.43. The molecule has 0 saturated heterocycles. The Morgan fingerprint density at radius 1 is 1.40 bits per heavy atom. The van der Waals surface area contributed by atoms with Gasteiger partial charge >= 0.3 is 0 Å². The van der Waals surface area contributed by atoms with Gasteiger partial charge in [-0.1, -0.05) is 35.5 Å². The second kappa shape index (κ2) is 4.79. The molecule has 15 heavy (non-hydrogen) atoms. The third-order valence-corrected chi connectivity index (χ3v) is 2.22. The van der Waals surface area contributed by atoms with Gasteiger partial charge in [-0.25, -0.2) is 0 Å². The molecule has 1 aromatic carbocycles. The minimum atomic E-state index is -0.0178. The van der Waals surface area contributed by atoms with E-state index in [4.69, 9.17) is 15.3 Å². The highest BCUT2D eigenvalue weighted by molar-refractivity contribution is 5.77. The summed E-state index contributed by atoms with van der Waals surface area (Å²) in [5, 5.41) is 3.82. The van der Waals surface area contributed by atoms with Crippen LogP contribution in [0.1, 0.15) is 12.0 Å². The molecule has 4 heteroatoms. The summed E-state index contributed by atoms with van der Waals surface area (Å²) < 4.78 is 5.49. The van der Waals surface area contributed by atoms with Crippen molar-refractivity contribution >= 4 is 5.90 Å². The Bertz CT molecular complexity index is 338. The predicted octanol–water partition coefficient (Wildman–Crippen LogP) is 1.26. The Hall–Kier alpha value is -1.55. The maximum absolute atomic E-state index is 5.49. The Balaban J connectivity index is 1.80. The van der Waals surface area contributed by atoms with Crippen LogP contribution in [0.3, 0.4) is 0 Å². The minimum Gasteiger partial charge on any atom is -0.474 e. The van der Waals surface area contributed by atoms with Crippen molar-refractivity contribution in [2.24, 2.45) is 10.9 Å². The number of hydrogen-bond acceptors (Lipinski definition) is 4. The summed E-state index contributed by atoms with van der Waals surface area (Å²) in [6, 6.07) is 9.96. The average molecular weight is 206 g/mol. The summed E-state index contributed by atoms with van der Waals surface area (Å²) in [5.74, 6) is 0.634. The van der Waals surface area contributed by atoms with Crippen LogP contribution in [0.5, 0.6) is 0 Å². The van der Waals surface area contributed by atoms with Crippen LogP contribution < -0.4 is 5.73 Å². The number of rotatable bonds is 3. The summed E-state index contributed by atoms with van der Waals surface area (Å²) in [7, 11) is 0. The normalized spacial score (nSPS) is 19.5. The van der Waals surface area contributed by atoms with Crippen molar-refractivity contribution in [1.29, 1.82) is 0 Å². The maximum Gasteiger partial charge on any atom is 0.229 e. The van der Waals surface area contributed by atoms with Gasteiger partial charge in [0.15, 0.2) is 0 Å². The Morgan fingerprint density at radius 2 is 2.20 bits per heavy atom. The van der Waals surface area contributed by atoms with Gasteiger partial charge in [-0.15, -0.1) is 0 Å².